The second-order valence-electron chi connectivity index (χ2n) is 3.53. The van der Waals surface area contributed by atoms with E-state index in [-0.39, 0.29) is 0 Å². The van der Waals surface area contributed by atoms with Crippen molar-refractivity contribution in [3.63, 3.8) is 0 Å². The van der Waals surface area contributed by atoms with Crippen LogP contribution in [0.25, 0.3) is 0 Å². The van der Waals surface area contributed by atoms with Gasteiger partial charge in [0, 0.05) is 17.8 Å². The fourth-order valence-corrected chi connectivity index (χ4v) is 1.35. The molecule has 1 fully saturated rings. The summed E-state index contributed by atoms with van der Waals surface area (Å²) in [5, 5.41) is 3.36. The van der Waals surface area contributed by atoms with Gasteiger partial charge in [0.1, 0.15) is 5.82 Å². The minimum atomic E-state index is 0.340. The molecule has 0 saturated heterocycles. The number of hydrogen-bond donors (Lipinski definition) is 2. The van der Waals surface area contributed by atoms with Crippen molar-refractivity contribution >= 4 is 11.8 Å². The Bertz CT molecular complexity index is 307. The Morgan fingerprint density at radius 2 is 2.07 bits per heavy atom. The number of aromatic nitrogens is 2. The molecule has 0 atom stereocenters. The van der Waals surface area contributed by atoms with Gasteiger partial charge in [0.25, 0.3) is 0 Å². The van der Waals surface area contributed by atoms with E-state index in [0.717, 1.165) is 11.4 Å². The molecule has 1 aliphatic rings. The van der Waals surface area contributed by atoms with Crippen LogP contribution >= 0.6 is 0 Å². The lowest BCUT2D eigenvalue weighted by atomic mass is 9.93. The molecule has 84 valence electrons. The average molecular weight is 208 g/mol. The van der Waals surface area contributed by atoms with Crippen LogP contribution in [-0.4, -0.2) is 16.0 Å². The Morgan fingerprint density at radius 3 is 2.60 bits per heavy atom. The molecule has 0 aromatic carbocycles. The summed E-state index contributed by atoms with van der Waals surface area (Å²) in [7, 11) is 0. The Balaban J connectivity index is 0.000000531. The number of nitrogens with zero attached hydrogens (tertiary/aromatic N) is 2. The molecule has 0 aliphatic heterocycles. The predicted octanol–water partition coefficient (Wildman–Crippen LogP) is 2.36. The third-order valence-electron chi connectivity index (χ3n) is 2.44. The second kappa shape index (κ2) is 5.53. The highest BCUT2D eigenvalue weighted by atomic mass is 15.1. The molecule has 4 heteroatoms. The first-order chi connectivity index (χ1) is 7.25. The van der Waals surface area contributed by atoms with Crippen molar-refractivity contribution in [3.05, 3.63) is 11.8 Å². The highest BCUT2D eigenvalue weighted by Gasteiger charge is 2.18. The quantitative estimate of drug-likeness (QED) is 0.783. The zero-order chi connectivity index (χ0) is 11.3. The van der Waals surface area contributed by atoms with E-state index >= 15 is 0 Å². The van der Waals surface area contributed by atoms with Gasteiger partial charge in [-0.25, -0.2) is 4.98 Å². The summed E-state index contributed by atoms with van der Waals surface area (Å²) in [5.41, 5.74) is 6.56. The molecule has 0 unspecified atom stereocenters. The molecular formula is C11H20N4. The van der Waals surface area contributed by atoms with Crippen molar-refractivity contribution in [2.24, 2.45) is 0 Å². The molecule has 1 aromatic heterocycles. The molecule has 0 bridgehead atoms. The Hall–Kier alpha value is -1.32. The maximum atomic E-state index is 5.50. The minimum Gasteiger partial charge on any atom is -0.368 e. The molecule has 2 rings (SSSR count). The maximum absolute atomic E-state index is 5.50. The number of nitrogens with one attached hydrogen (secondary N) is 1. The van der Waals surface area contributed by atoms with Crippen LogP contribution in [0.2, 0.25) is 0 Å². The number of aryl methyl sites for hydroxylation is 1. The molecule has 3 N–H and O–H groups in total. The molecule has 0 spiro atoms. The van der Waals surface area contributed by atoms with Gasteiger partial charge in [-0.3, -0.25) is 0 Å². The van der Waals surface area contributed by atoms with Gasteiger partial charge < -0.3 is 11.1 Å². The molecule has 1 saturated carbocycles. The Morgan fingerprint density at radius 1 is 1.40 bits per heavy atom. The minimum absolute atomic E-state index is 0.340. The SMILES string of the molecule is CC.Cc1cnc(N)nc1NC1CCC1. The largest absolute Gasteiger partial charge is 0.368 e. The number of nitrogens with two attached hydrogens (primary N) is 1. The monoisotopic (exact) mass is 208 g/mol. The first-order valence-electron chi connectivity index (χ1n) is 5.61. The summed E-state index contributed by atoms with van der Waals surface area (Å²) in [6.45, 7) is 5.99. The van der Waals surface area contributed by atoms with Crippen LogP contribution in [0.15, 0.2) is 6.20 Å². The number of rotatable bonds is 2. The summed E-state index contributed by atoms with van der Waals surface area (Å²) in [6.07, 6.45) is 5.55. The third-order valence-corrected chi connectivity index (χ3v) is 2.44. The molecular weight excluding hydrogens is 188 g/mol. The first kappa shape index (κ1) is 11.8. The van der Waals surface area contributed by atoms with Crippen LogP contribution < -0.4 is 11.1 Å². The number of anilines is 2. The van der Waals surface area contributed by atoms with E-state index in [4.69, 9.17) is 5.73 Å². The number of hydrogen-bond acceptors (Lipinski definition) is 4. The normalized spacial score (nSPS) is 14.9. The van der Waals surface area contributed by atoms with Gasteiger partial charge in [-0.05, 0) is 26.2 Å². The summed E-state index contributed by atoms with van der Waals surface area (Å²) in [5.74, 6) is 1.23. The lowest BCUT2D eigenvalue weighted by Crippen LogP contribution is -2.28. The van der Waals surface area contributed by atoms with Gasteiger partial charge in [-0.2, -0.15) is 4.98 Å². The molecule has 1 heterocycles. The average Bonchev–Trinajstić information content (AvgIpc) is 2.20. The van der Waals surface area contributed by atoms with Crippen molar-refractivity contribution < 1.29 is 0 Å². The van der Waals surface area contributed by atoms with E-state index < -0.39 is 0 Å². The molecule has 1 aliphatic carbocycles. The fraction of sp³-hybridized carbons (Fsp3) is 0.636. The fourth-order valence-electron chi connectivity index (χ4n) is 1.35. The van der Waals surface area contributed by atoms with Crippen molar-refractivity contribution in [2.45, 2.75) is 46.1 Å². The number of nitrogen functional groups attached to an aromatic ring is 1. The van der Waals surface area contributed by atoms with E-state index in [1.54, 1.807) is 6.20 Å². The molecule has 15 heavy (non-hydrogen) atoms. The van der Waals surface area contributed by atoms with Crippen LogP contribution in [0, 0.1) is 6.92 Å². The van der Waals surface area contributed by atoms with Crippen molar-refractivity contribution in [1.82, 2.24) is 9.97 Å². The van der Waals surface area contributed by atoms with Gasteiger partial charge in [-0.1, -0.05) is 13.8 Å². The Kier molecular flexibility index (Phi) is 4.34. The zero-order valence-corrected chi connectivity index (χ0v) is 9.75. The first-order valence-corrected chi connectivity index (χ1v) is 5.61. The van der Waals surface area contributed by atoms with E-state index in [0.29, 0.717) is 12.0 Å². The van der Waals surface area contributed by atoms with Crippen LogP contribution in [0.3, 0.4) is 0 Å². The highest BCUT2D eigenvalue weighted by molar-refractivity contribution is 5.46. The summed E-state index contributed by atoms with van der Waals surface area (Å²) >= 11 is 0. The van der Waals surface area contributed by atoms with Gasteiger partial charge in [0.15, 0.2) is 0 Å². The summed E-state index contributed by atoms with van der Waals surface area (Å²) in [4.78, 5) is 8.07. The molecule has 0 amide bonds. The maximum Gasteiger partial charge on any atom is 0.221 e. The predicted molar refractivity (Wildman–Crippen MR) is 63.8 cm³/mol. The topological polar surface area (TPSA) is 63.8 Å². The van der Waals surface area contributed by atoms with Crippen LogP contribution in [0.5, 0.6) is 0 Å². The molecule has 0 radical (unpaired) electrons. The smallest absolute Gasteiger partial charge is 0.221 e. The van der Waals surface area contributed by atoms with Gasteiger partial charge in [0.05, 0.1) is 0 Å². The molecule has 1 aromatic rings. The van der Waals surface area contributed by atoms with E-state index in [2.05, 4.69) is 15.3 Å². The summed E-state index contributed by atoms with van der Waals surface area (Å²) < 4.78 is 0. The van der Waals surface area contributed by atoms with Crippen molar-refractivity contribution in [1.29, 1.82) is 0 Å². The van der Waals surface area contributed by atoms with Crippen LogP contribution in [-0.2, 0) is 0 Å². The van der Waals surface area contributed by atoms with Crippen molar-refractivity contribution in [3.8, 4) is 0 Å². The van der Waals surface area contributed by atoms with Gasteiger partial charge in [0.2, 0.25) is 5.95 Å². The van der Waals surface area contributed by atoms with E-state index in [1.165, 1.54) is 19.3 Å². The highest BCUT2D eigenvalue weighted by Crippen LogP contribution is 2.23. The van der Waals surface area contributed by atoms with Crippen LogP contribution in [0.1, 0.15) is 38.7 Å². The lowest BCUT2D eigenvalue weighted by Gasteiger charge is -2.27. The van der Waals surface area contributed by atoms with Gasteiger partial charge >= 0.3 is 0 Å². The Labute approximate surface area is 91.3 Å². The standard InChI is InChI=1S/C9H14N4.C2H6/c1-6-5-11-9(10)13-8(6)12-7-3-2-4-7;1-2/h5,7H,2-4H2,1H3,(H3,10,11,12,13);1-2H3. The zero-order valence-electron chi connectivity index (χ0n) is 9.75. The third kappa shape index (κ3) is 3.08. The van der Waals surface area contributed by atoms with Crippen molar-refractivity contribution in [2.75, 3.05) is 11.1 Å². The lowest BCUT2D eigenvalue weighted by molar-refractivity contribution is 0.444. The second-order valence-corrected chi connectivity index (χ2v) is 3.53. The summed E-state index contributed by atoms with van der Waals surface area (Å²) in [6, 6.07) is 0.591. The van der Waals surface area contributed by atoms with E-state index in [9.17, 15) is 0 Å². The molecule has 4 nitrogen and oxygen atoms in total. The van der Waals surface area contributed by atoms with Crippen LogP contribution in [0.4, 0.5) is 11.8 Å². The van der Waals surface area contributed by atoms with E-state index in [1.807, 2.05) is 20.8 Å². The van der Waals surface area contributed by atoms with Gasteiger partial charge in [-0.15, -0.1) is 0 Å².